The highest BCUT2D eigenvalue weighted by Gasteiger charge is 2.48. The number of halogens is 1. The molecular formula is C21H29BIN2O3P. The molecule has 0 aliphatic carbocycles. The number of piperidine rings is 1. The highest BCUT2D eigenvalue weighted by molar-refractivity contribution is 14.1. The smallest absolute Gasteiger partial charge is 0.327 e. The SMILES string of the molecule is CC[C@]1(O)C[C@@H]2CN(CCc3c([nH]c4ccc(BP)cc34)[C@](I)(C(=O)OC)C2)C1. The average Bonchev–Trinajstić information content (AvgIpc) is 3.10. The summed E-state index contributed by atoms with van der Waals surface area (Å²) in [7, 11) is 4.26. The van der Waals surface area contributed by atoms with E-state index in [9.17, 15) is 9.90 Å². The zero-order chi connectivity index (χ0) is 20.8. The average molecular weight is 526 g/mol. The Morgan fingerprint density at radius 2 is 2.28 bits per heavy atom. The van der Waals surface area contributed by atoms with Crippen LogP contribution >= 0.6 is 31.7 Å². The largest absolute Gasteiger partial charge is 0.468 e. The number of esters is 1. The number of nitrogens with one attached hydrogen (secondary N) is 1. The van der Waals surface area contributed by atoms with Crippen LogP contribution in [-0.2, 0) is 19.4 Å². The van der Waals surface area contributed by atoms with Crippen molar-refractivity contribution in [2.75, 3.05) is 26.7 Å². The summed E-state index contributed by atoms with van der Waals surface area (Å²) < 4.78 is 4.51. The topological polar surface area (TPSA) is 65.6 Å². The minimum atomic E-state index is -0.783. The molecule has 2 aliphatic rings. The number of methoxy groups -OCH3 is 1. The Kier molecular flexibility index (Phi) is 6.06. The van der Waals surface area contributed by atoms with Gasteiger partial charge in [-0.3, -0.25) is 9.69 Å². The zero-order valence-corrected chi connectivity index (χ0v) is 20.4. The molecule has 2 N–H and O–H groups in total. The Bertz CT molecular complexity index is 938. The quantitative estimate of drug-likeness (QED) is 0.212. The third-order valence-electron chi connectivity index (χ3n) is 6.72. The van der Waals surface area contributed by atoms with E-state index in [-0.39, 0.29) is 11.9 Å². The summed E-state index contributed by atoms with van der Waals surface area (Å²) >= 11 is 2.30. The molecule has 0 saturated carbocycles. The molecule has 1 aromatic carbocycles. The first-order valence-electron chi connectivity index (χ1n) is 10.4. The van der Waals surface area contributed by atoms with E-state index in [4.69, 9.17) is 4.74 Å². The first kappa shape index (κ1) is 21.6. The number of alkyl halides is 1. The van der Waals surface area contributed by atoms with Gasteiger partial charge < -0.3 is 14.8 Å². The van der Waals surface area contributed by atoms with Crippen molar-refractivity contribution in [3.05, 3.63) is 29.5 Å². The zero-order valence-electron chi connectivity index (χ0n) is 17.1. The number of hydrogen-bond donors (Lipinski definition) is 2. The Labute approximate surface area is 188 Å². The van der Waals surface area contributed by atoms with Gasteiger partial charge in [0.15, 0.2) is 10.4 Å². The standard InChI is InChI=1S/C21H29BIN2O3P/c1-3-20(27)9-13-10-21(23,19(26)28-2)18-15(6-7-25(11-13)12-20)16-8-14(22-29)4-5-17(16)24-18/h4-5,8,13,22,24,27H,3,6-7,9-12,29H2,1-2H3/t13-,20-,21-/m0/s1. The first-order valence-corrected chi connectivity index (χ1v) is 12.3. The summed E-state index contributed by atoms with van der Waals surface area (Å²) in [5.74, 6) is 0.0286. The van der Waals surface area contributed by atoms with Crippen molar-refractivity contribution in [3.63, 3.8) is 0 Å². The van der Waals surface area contributed by atoms with Gasteiger partial charge >= 0.3 is 5.97 Å². The van der Waals surface area contributed by atoms with Gasteiger partial charge in [0.1, 0.15) is 0 Å². The van der Waals surface area contributed by atoms with Gasteiger partial charge in [0, 0.05) is 36.2 Å². The molecule has 8 heteroatoms. The number of carbonyl (C=O) groups excluding carboxylic acids is 1. The number of hydrogen-bond acceptors (Lipinski definition) is 4. The second-order valence-electron chi connectivity index (χ2n) is 8.69. The van der Waals surface area contributed by atoms with Crippen LogP contribution in [0.3, 0.4) is 0 Å². The Morgan fingerprint density at radius 3 is 2.97 bits per heavy atom. The van der Waals surface area contributed by atoms with E-state index in [1.54, 1.807) is 0 Å². The van der Waals surface area contributed by atoms with Gasteiger partial charge in [0.25, 0.3) is 0 Å². The van der Waals surface area contributed by atoms with Gasteiger partial charge in [0.2, 0.25) is 0 Å². The lowest BCUT2D eigenvalue weighted by molar-refractivity contribution is -0.144. The van der Waals surface area contributed by atoms with Gasteiger partial charge in [-0.15, -0.1) is 0 Å². The van der Waals surface area contributed by atoms with Crippen LogP contribution in [-0.4, -0.2) is 60.3 Å². The van der Waals surface area contributed by atoms with Crippen molar-refractivity contribution < 1.29 is 14.6 Å². The lowest BCUT2D eigenvalue weighted by Gasteiger charge is -2.44. The summed E-state index contributed by atoms with van der Waals surface area (Å²) in [6.07, 6.45) is 2.98. The molecule has 2 bridgehead atoms. The second kappa shape index (κ2) is 8.14. The molecule has 1 fully saturated rings. The van der Waals surface area contributed by atoms with Crippen LogP contribution in [0.25, 0.3) is 10.9 Å². The van der Waals surface area contributed by atoms with Gasteiger partial charge in [-0.1, -0.05) is 47.1 Å². The molecule has 3 heterocycles. The number of fused-ring (bicyclic) bond motifs is 5. The van der Waals surface area contributed by atoms with Crippen LogP contribution < -0.4 is 5.46 Å². The maximum Gasteiger partial charge on any atom is 0.327 e. The van der Waals surface area contributed by atoms with Crippen LogP contribution in [0.1, 0.15) is 37.4 Å². The molecule has 4 rings (SSSR count). The van der Waals surface area contributed by atoms with Crippen LogP contribution in [0, 0.1) is 5.92 Å². The van der Waals surface area contributed by atoms with E-state index < -0.39 is 9.02 Å². The summed E-state index contributed by atoms with van der Waals surface area (Å²) in [6, 6.07) is 6.50. The number of benzene rings is 1. The van der Waals surface area contributed by atoms with E-state index in [0.29, 0.717) is 13.0 Å². The maximum absolute atomic E-state index is 13.1. The highest BCUT2D eigenvalue weighted by Crippen LogP contribution is 2.46. The fourth-order valence-electron chi connectivity index (χ4n) is 5.21. The molecule has 1 aromatic heterocycles. The summed E-state index contributed by atoms with van der Waals surface area (Å²) in [5.41, 5.74) is 3.86. The lowest BCUT2D eigenvalue weighted by Crippen LogP contribution is -2.52. The molecule has 29 heavy (non-hydrogen) atoms. The number of aliphatic hydroxyl groups is 1. The molecule has 0 amide bonds. The van der Waals surface area contributed by atoms with Crippen molar-refractivity contribution in [2.24, 2.45) is 5.92 Å². The maximum atomic E-state index is 13.1. The predicted octanol–water partition coefficient (Wildman–Crippen LogP) is 2.23. The van der Waals surface area contributed by atoms with Gasteiger partial charge in [-0.25, -0.2) is 0 Å². The number of ether oxygens (including phenoxy) is 1. The number of nitrogens with zero attached hydrogens (tertiary/aromatic N) is 1. The van der Waals surface area contributed by atoms with E-state index in [1.165, 1.54) is 23.5 Å². The number of aromatic nitrogens is 1. The normalized spacial score (nSPS) is 32.0. The van der Waals surface area contributed by atoms with Crippen molar-refractivity contribution in [1.29, 1.82) is 0 Å². The number of aromatic amines is 1. The van der Waals surface area contributed by atoms with Crippen molar-refractivity contribution in [1.82, 2.24) is 9.88 Å². The molecule has 1 saturated heterocycles. The van der Waals surface area contributed by atoms with Crippen molar-refractivity contribution in [3.8, 4) is 0 Å². The molecular weight excluding hydrogens is 497 g/mol. The third-order valence-corrected chi connectivity index (χ3v) is 8.61. The molecule has 0 spiro atoms. The van der Waals surface area contributed by atoms with Crippen LogP contribution in [0.15, 0.2) is 18.2 Å². The van der Waals surface area contributed by atoms with E-state index in [0.717, 1.165) is 50.6 Å². The number of carbonyl (C=O) groups is 1. The van der Waals surface area contributed by atoms with Crippen molar-refractivity contribution >= 4 is 61.0 Å². The summed E-state index contributed by atoms with van der Waals surface area (Å²) in [5, 5.41) is 12.3. The summed E-state index contributed by atoms with van der Waals surface area (Å²) in [4.78, 5) is 19.1. The monoisotopic (exact) mass is 526 g/mol. The minimum Gasteiger partial charge on any atom is -0.468 e. The van der Waals surface area contributed by atoms with Gasteiger partial charge in [0.05, 0.1) is 12.7 Å². The number of H-pyrrole nitrogens is 1. The molecule has 2 aliphatic heterocycles. The first-order chi connectivity index (χ1) is 13.8. The van der Waals surface area contributed by atoms with E-state index in [2.05, 4.69) is 66.7 Å². The van der Waals surface area contributed by atoms with Crippen LogP contribution in [0.5, 0.6) is 0 Å². The fourth-order valence-corrected chi connectivity index (χ4v) is 6.77. The fraction of sp³-hybridized carbons (Fsp3) is 0.571. The molecule has 5 atom stereocenters. The molecule has 5 nitrogen and oxygen atoms in total. The van der Waals surface area contributed by atoms with Gasteiger partial charge in [-0.2, -0.15) is 9.12 Å². The van der Waals surface area contributed by atoms with Crippen LogP contribution in [0.4, 0.5) is 0 Å². The predicted molar refractivity (Wildman–Crippen MR) is 131 cm³/mol. The molecule has 2 unspecified atom stereocenters. The molecule has 2 aromatic rings. The molecule has 0 radical (unpaired) electrons. The Hall–Kier alpha value is -0.625. The molecule has 156 valence electrons. The Balaban J connectivity index is 1.87. The lowest BCUT2D eigenvalue weighted by atomic mass is 9.79. The van der Waals surface area contributed by atoms with Gasteiger partial charge in [-0.05, 0) is 43.2 Å². The van der Waals surface area contributed by atoms with Crippen LogP contribution in [0.2, 0.25) is 0 Å². The Morgan fingerprint density at radius 1 is 1.48 bits per heavy atom. The second-order valence-corrected chi connectivity index (χ2v) is 10.9. The minimum absolute atomic E-state index is 0.212. The number of rotatable bonds is 3. The highest BCUT2D eigenvalue weighted by atomic mass is 127. The van der Waals surface area contributed by atoms with E-state index in [1.807, 2.05) is 0 Å². The third kappa shape index (κ3) is 3.88. The summed E-state index contributed by atoms with van der Waals surface area (Å²) in [6.45, 7) is 5.47. The van der Waals surface area contributed by atoms with Crippen molar-refractivity contribution in [2.45, 2.75) is 41.6 Å². The van der Waals surface area contributed by atoms with E-state index >= 15 is 0 Å².